The molecule has 0 spiro atoms. The Bertz CT molecular complexity index is 331. The van der Waals surface area contributed by atoms with Crippen LogP contribution in [0.5, 0.6) is 11.5 Å². The van der Waals surface area contributed by atoms with Crippen LogP contribution in [0.3, 0.4) is 0 Å². The average Bonchev–Trinajstić information content (AvgIpc) is 2.39. The Morgan fingerprint density at radius 1 is 1.22 bits per heavy atom. The van der Waals surface area contributed by atoms with Gasteiger partial charge in [0.2, 0.25) is 0 Å². The van der Waals surface area contributed by atoms with Gasteiger partial charge in [-0.3, -0.25) is 0 Å². The van der Waals surface area contributed by atoms with Crippen LogP contribution in [0.25, 0.3) is 0 Å². The minimum atomic E-state index is 0.00801. The van der Waals surface area contributed by atoms with E-state index in [0.717, 1.165) is 31.0 Å². The van der Waals surface area contributed by atoms with Crippen molar-refractivity contribution in [3.05, 3.63) is 24.3 Å². The Hall–Kier alpha value is -1.26. The van der Waals surface area contributed by atoms with Gasteiger partial charge in [0, 0.05) is 19.7 Å². The smallest absolute Gasteiger partial charge is 0.134 e. The topological polar surface area (TPSA) is 39.7 Å². The van der Waals surface area contributed by atoms with E-state index >= 15 is 0 Å². The number of methoxy groups -OCH3 is 2. The summed E-state index contributed by atoms with van der Waals surface area (Å²) in [6.07, 6.45) is 1.12. The van der Waals surface area contributed by atoms with E-state index in [0.29, 0.717) is 6.61 Å². The molecule has 1 rings (SSSR count). The van der Waals surface area contributed by atoms with Gasteiger partial charge in [-0.25, -0.2) is 0 Å². The minimum absolute atomic E-state index is 0.00801. The number of hydrogen-bond donors (Lipinski definition) is 1. The summed E-state index contributed by atoms with van der Waals surface area (Å²) in [5, 5.41) is 3.33. The lowest BCUT2D eigenvalue weighted by Gasteiger charge is -2.19. The highest BCUT2D eigenvalue weighted by molar-refractivity contribution is 5.32. The van der Waals surface area contributed by atoms with Gasteiger partial charge in [0.1, 0.15) is 17.6 Å². The maximum Gasteiger partial charge on any atom is 0.134 e. The fraction of sp³-hybridized carbons (Fsp3) is 0.571. The fourth-order valence-electron chi connectivity index (χ4n) is 1.63. The number of nitrogens with one attached hydrogen (secondary N) is 1. The van der Waals surface area contributed by atoms with E-state index in [1.165, 1.54) is 0 Å². The third-order valence-corrected chi connectivity index (χ3v) is 2.50. The lowest BCUT2D eigenvalue weighted by molar-refractivity contribution is 0.0806. The van der Waals surface area contributed by atoms with E-state index in [-0.39, 0.29) is 6.10 Å². The van der Waals surface area contributed by atoms with Crippen molar-refractivity contribution in [2.75, 3.05) is 33.9 Å². The van der Waals surface area contributed by atoms with Crippen LogP contribution < -0.4 is 14.8 Å². The van der Waals surface area contributed by atoms with E-state index in [1.807, 2.05) is 24.3 Å². The van der Waals surface area contributed by atoms with Gasteiger partial charge in [-0.2, -0.15) is 0 Å². The van der Waals surface area contributed by atoms with Crippen LogP contribution in [0.1, 0.15) is 13.3 Å². The SMILES string of the molecule is CCCNCC(COC)Oc1cccc(OC)c1. The molecule has 1 N–H and O–H groups in total. The highest BCUT2D eigenvalue weighted by atomic mass is 16.5. The Balaban J connectivity index is 2.52. The first-order chi connectivity index (χ1) is 8.80. The second-order valence-corrected chi connectivity index (χ2v) is 4.08. The van der Waals surface area contributed by atoms with Crippen LogP contribution in [-0.2, 0) is 4.74 Å². The predicted octanol–water partition coefficient (Wildman–Crippen LogP) is 2.09. The zero-order valence-electron chi connectivity index (χ0n) is 11.4. The molecule has 0 aliphatic heterocycles. The molecular formula is C14H23NO3. The first-order valence-corrected chi connectivity index (χ1v) is 6.30. The number of ether oxygens (including phenoxy) is 3. The van der Waals surface area contributed by atoms with Crippen LogP contribution in [0, 0.1) is 0 Å². The van der Waals surface area contributed by atoms with Crippen molar-refractivity contribution in [1.29, 1.82) is 0 Å². The second kappa shape index (κ2) is 8.78. The monoisotopic (exact) mass is 253 g/mol. The van der Waals surface area contributed by atoms with Crippen LogP contribution in [0.15, 0.2) is 24.3 Å². The molecule has 1 unspecified atom stereocenters. The van der Waals surface area contributed by atoms with Crippen molar-refractivity contribution in [3.63, 3.8) is 0 Å². The van der Waals surface area contributed by atoms with Gasteiger partial charge in [-0.05, 0) is 25.1 Å². The van der Waals surface area contributed by atoms with Crippen LogP contribution in [-0.4, -0.2) is 40.0 Å². The highest BCUT2D eigenvalue weighted by Gasteiger charge is 2.10. The Labute approximate surface area is 109 Å². The lowest BCUT2D eigenvalue weighted by atomic mass is 10.3. The van der Waals surface area contributed by atoms with E-state index < -0.39 is 0 Å². The molecule has 0 radical (unpaired) electrons. The average molecular weight is 253 g/mol. The molecule has 1 atom stereocenters. The molecule has 0 amide bonds. The molecular weight excluding hydrogens is 230 g/mol. The zero-order chi connectivity index (χ0) is 13.2. The summed E-state index contributed by atoms with van der Waals surface area (Å²) in [4.78, 5) is 0. The van der Waals surface area contributed by atoms with E-state index in [2.05, 4.69) is 12.2 Å². The molecule has 0 aliphatic rings. The van der Waals surface area contributed by atoms with E-state index in [9.17, 15) is 0 Å². The largest absolute Gasteiger partial charge is 0.497 e. The second-order valence-electron chi connectivity index (χ2n) is 4.08. The quantitative estimate of drug-likeness (QED) is 0.684. The van der Waals surface area contributed by atoms with Crippen molar-refractivity contribution < 1.29 is 14.2 Å². The standard InChI is InChI=1S/C14H23NO3/c1-4-8-15-10-14(11-16-2)18-13-7-5-6-12(9-13)17-3/h5-7,9,14-15H,4,8,10-11H2,1-3H3. The lowest BCUT2D eigenvalue weighted by Crippen LogP contribution is -2.35. The van der Waals surface area contributed by atoms with Crippen LogP contribution in [0.2, 0.25) is 0 Å². The summed E-state index contributed by atoms with van der Waals surface area (Å²) in [5.41, 5.74) is 0. The Morgan fingerprint density at radius 2 is 2.00 bits per heavy atom. The number of hydrogen-bond acceptors (Lipinski definition) is 4. The van der Waals surface area contributed by atoms with Gasteiger partial charge in [-0.1, -0.05) is 13.0 Å². The summed E-state index contributed by atoms with van der Waals surface area (Å²) in [6.45, 7) is 4.47. The molecule has 0 bridgehead atoms. The normalized spacial score (nSPS) is 12.2. The van der Waals surface area contributed by atoms with Crippen LogP contribution in [0.4, 0.5) is 0 Å². The third-order valence-electron chi connectivity index (χ3n) is 2.50. The number of benzene rings is 1. The Kier molecular flexibility index (Phi) is 7.22. The molecule has 18 heavy (non-hydrogen) atoms. The molecule has 0 saturated heterocycles. The minimum Gasteiger partial charge on any atom is -0.497 e. The molecule has 102 valence electrons. The van der Waals surface area contributed by atoms with Gasteiger partial charge in [0.05, 0.1) is 13.7 Å². The van der Waals surface area contributed by atoms with Gasteiger partial charge < -0.3 is 19.5 Å². The molecule has 0 saturated carbocycles. The third kappa shape index (κ3) is 5.38. The summed E-state index contributed by atoms with van der Waals surface area (Å²) in [5.74, 6) is 1.60. The maximum atomic E-state index is 5.88. The molecule has 0 aromatic heterocycles. The van der Waals surface area contributed by atoms with E-state index in [1.54, 1.807) is 14.2 Å². The molecule has 4 heteroatoms. The van der Waals surface area contributed by atoms with E-state index in [4.69, 9.17) is 14.2 Å². The maximum absolute atomic E-state index is 5.88. The summed E-state index contributed by atoms with van der Waals surface area (Å²) in [6, 6.07) is 7.61. The number of rotatable bonds is 9. The van der Waals surface area contributed by atoms with Crippen molar-refractivity contribution in [3.8, 4) is 11.5 Å². The summed E-state index contributed by atoms with van der Waals surface area (Å²) < 4.78 is 16.2. The molecule has 0 aliphatic carbocycles. The van der Waals surface area contributed by atoms with Crippen molar-refractivity contribution >= 4 is 0 Å². The Morgan fingerprint density at radius 3 is 2.67 bits per heavy atom. The van der Waals surface area contributed by atoms with Crippen LogP contribution >= 0.6 is 0 Å². The first-order valence-electron chi connectivity index (χ1n) is 6.30. The van der Waals surface area contributed by atoms with Gasteiger partial charge in [-0.15, -0.1) is 0 Å². The van der Waals surface area contributed by atoms with Crippen molar-refractivity contribution in [1.82, 2.24) is 5.32 Å². The van der Waals surface area contributed by atoms with Gasteiger partial charge in [0.15, 0.2) is 0 Å². The van der Waals surface area contributed by atoms with Gasteiger partial charge >= 0.3 is 0 Å². The van der Waals surface area contributed by atoms with Gasteiger partial charge in [0.25, 0.3) is 0 Å². The molecule has 0 fully saturated rings. The zero-order valence-corrected chi connectivity index (χ0v) is 11.4. The summed E-state index contributed by atoms with van der Waals surface area (Å²) in [7, 11) is 3.33. The highest BCUT2D eigenvalue weighted by Crippen LogP contribution is 2.19. The molecule has 1 aromatic carbocycles. The molecule has 1 aromatic rings. The van der Waals surface area contributed by atoms with Crippen molar-refractivity contribution in [2.45, 2.75) is 19.4 Å². The molecule has 0 heterocycles. The molecule has 4 nitrogen and oxygen atoms in total. The first kappa shape index (κ1) is 14.8. The fourth-order valence-corrected chi connectivity index (χ4v) is 1.63. The summed E-state index contributed by atoms with van der Waals surface area (Å²) >= 11 is 0. The predicted molar refractivity (Wildman–Crippen MR) is 72.4 cm³/mol. The van der Waals surface area contributed by atoms with Crippen molar-refractivity contribution in [2.24, 2.45) is 0 Å².